The van der Waals surface area contributed by atoms with Crippen molar-refractivity contribution < 1.29 is 13.5 Å². The SMILES string of the molecule is NNC(c1ccc(F)c(F)c1)c1cccc2c1OCC2. The van der Waals surface area contributed by atoms with E-state index in [4.69, 9.17) is 10.6 Å². The number of hydrogen-bond donors (Lipinski definition) is 2. The lowest BCUT2D eigenvalue weighted by molar-refractivity contribution is 0.350. The van der Waals surface area contributed by atoms with Crippen LogP contribution in [0.25, 0.3) is 0 Å². The molecule has 0 saturated carbocycles. The number of halogens is 2. The van der Waals surface area contributed by atoms with Crippen LogP contribution < -0.4 is 16.0 Å². The third-order valence-electron chi connectivity index (χ3n) is 3.50. The second-order valence-electron chi connectivity index (χ2n) is 4.71. The first-order chi connectivity index (χ1) is 9.70. The molecular formula is C15H14F2N2O. The lowest BCUT2D eigenvalue weighted by Crippen LogP contribution is -2.29. The summed E-state index contributed by atoms with van der Waals surface area (Å²) in [5.41, 5.74) is 5.12. The van der Waals surface area contributed by atoms with Gasteiger partial charge in [-0.3, -0.25) is 5.84 Å². The molecule has 0 spiro atoms. The van der Waals surface area contributed by atoms with Crippen molar-refractivity contribution in [3.8, 4) is 5.75 Å². The summed E-state index contributed by atoms with van der Waals surface area (Å²) >= 11 is 0. The van der Waals surface area contributed by atoms with E-state index in [0.29, 0.717) is 12.2 Å². The van der Waals surface area contributed by atoms with E-state index < -0.39 is 17.7 Å². The van der Waals surface area contributed by atoms with Crippen LogP contribution in [0.4, 0.5) is 8.78 Å². The minimum absolute atomic E-state index is 0.446. The van der Waals surface area contributed by atoms with Crippen molar-refractivity contribution >= 4 is 0 Å². The molecule has 0 amide bonds. The van der Waals surface area contributed by atoms with Crippen molar-refractivity contribution in [2.24, 2.45) is 5.84 Å². The summed E-state index contributed by atoms with van der Waals surface area (Å²) in [5, 5.41) is 0. The van der Waals surface area contributed by atoms with E-state index in [-0.39, 0.29) is 0 Å². The normalized spacial score (nSPS) is 14.8. The average molecular weight is 276 g/mol. The second kappa shape index (κ2) is 5.19. The Bertz CT molecular complexity index is 646. The fraction of sp³-hybridized carbons (Fsp3) is 0.200. The van der Waals surface area contributed by atoms with Gasteiger partial charge in [0, 0.05) is 12.0 Å². The summed E-state index contributed by atoms with van der Waals surface area (Å²) in [5.74, 6) is 4.61. The molecule has 0 fully saturated rings. The number of fused-ring (bicyclic) bond motifs is 1. The highest BCUT2D eigenvalue weighted by Crippen LogP contribution is 2.36. The van der Waals surface area contributed by atoms with E-state index >= 15 is 0 Å². The third kappa shape index (κ3) is 2.15. The molecule has 1 atom stereocenters. The Morgan fingerprint density at radius 3 is 2.75 bits per heavy atom. The molecule has 0 aromatic heterocycles. The molecule has 1 aliphatic heterocycles. The molecule has 0 saturated heterocycles. The van der Waals surface area contributed by atoms with Gasteiger partial charge in [0.05, 0.1) is 12.6 Å². The molecular weight excluding hydrogens is 262 g/mol. The minimum atomic E-state index is -0.892. The summed E-state index contributed by atoms with van der Waals surface area (Å²) in [6.45, 7) is 0.626. The Labute approximate surface area is 115 Å². The molecule has 2 aromatic rings. The molecule has 104 valence electrons. The number of para-hydroxylation sites is 1. The summed E-state index contributed by atoms with van der Waals surface area (Å²) in [6, 6.07) is 9.08. The Kier molecular flexibility index (Phi) is 3.38. The van der Waals surface area contributed by atoms with Crippen molar-refractivity contribution in [3.63, 3.8) is 0 Å². The van der Waals surface area contributed by atoms with E-state index in [1.807, 2.05) is 18.2 Å². The number of nitrogens with one attached hydrogen (secondary N) is 1. The van der Waals surface area contributed by atoms with Crippen molar-refractivity contribution in [2.75, 3.05) is 6.61 Å². The van der Waals surface area contributed by atoms with E-state index in [1.54, 1.807) is 0 Å². The predicted octanol–water partition coefficient (Wildman–Crippen LogP) is 2.45. The molecule has 1 heterocycles. The first-order valence-corrected chi connectivity index (χ1v) is 6.36. The molecule has 2 aromatic carbocycles. The molecule has 1 aliphatic rings. The van der Waals surface area contributed by atoms with Crippen LogP contribution in [0.2, 0.25) is 0 Å². The topological polar surface area (TPSA) is 47.3 Å². The maximum absolute atomic E-state index is 13.4. The van der Waals surface area contributed by atoms with Gasteiger partial charge in [-0.1, -0.05) is 24.3 Å². The molecule has 20 heavy (non-hydrogen) atoms. The van der Waals surface area contributed by atoms with Crippen molar-refractivity contribution in [2.45, 2.75) is 12.5 Å². The summed E-state index contributed by atoms with van der Waals surface area (Å²) in [7, 11) is 0. The van der Waals surface area contributed by atoms with Crippen LogP contribution in [0.3, 0.4) is 0 Å². The van der Waals surface area contributed by atoms with Gasteiger partial charge in [0.1, 0.15) is 5.75 Å². The minimum Gasteiger partial charge on any atom is -0.493 e. The maximum Gasteiger partial charge on any atom is 0.159 e. The molecule has 3 rings (SSSR count). The quantitative estimate of drug-likeness (QED) is 0.668. The zero-order valence-corrected chi connectivity index (χ0v) is 10.7. The number of rotatable bonds is 3. The predicted molar refractivity (Wildman–Crippen MR) is 71.2 cm³/mol. The highest BCUT2D eigenvalue weighted by atomic mass is 19.2. The molecule has 3 nitrogen and oxygen atoms in total. The zero-order chi connectivity index (χ0) is 14.1. The fourth-order valence-corrected chi connectivity index (χ4v) is 2.53. The number of benzene rings is 2. The Morgan fingerprint density at radius 1 is 1.15 bits per heavy atom. The number of hydrogen-bond acceptors (Lipinski definition) is 3. The molecule has 0 radical (unpaired) electrons. The van der Waals surface area contributed by atoms with Crippen LogP contribution >= 0.6 is 0 Å². The highest BCUT2D eigenvalue weighted by Gasteiger charge is 2.23. The van der Waals surface area contributed by atoms with Gasteiger partial charge in [-0.25, -0.2) is 14.2 Å². The lowest BCUT2D eigenvalue weighted by Gasteiger charge is -2.19. The van der Waals surface area contributed by atoms with Crippen molar-refractivity contribution in [1.82, 2.24) is 5.43 Å². The number of ether oxygens (including phenoxy) is 1. The van der Waals surface area contributed by atoms with E-state index in [1.165, 1.54) is 6.07 Å². The monoisotopic (exact) mass is 276 g/mol. The molecule has 1 unspecified atom stereocenters. The molecule has 5 heteroatoms. The summed E-state index contributed by atoms with van der Waals surface area (Å²) in [4.78, 5) is 0. The standard InChI is InChI=1S/C15H14F2N2O/c16-12-5-4-10(8-13(12)17)14(19-18)11-3-1-2-9-6-7-20-15(9)11/h1-5,8,14,19H,6-7,18H2. The molecule has 0 aliphatic carbocycles. The fourth-order valence-electron chi connectivity index (χ4n) is 2.53. The Morgan fingerprint density at radius 2 is 2.00 bits per heavy atom. The first kappa shape index (κ1) is 13.0. The van der Waals surface area contributed by atoms with Gasteiger partial charge in [-0.05, 0) is 23.3 Å². The van der Waals surface area contributed by atoms with Crippen LogP contribution in [0.1, 0.15) is 22.7 Å². The van der Waals surface area contributed by atoms with E-state index in [9.17, 15) is 8.78 Å². The Hall–Kier alpha value is -1.98. The van der Waals surface area contributed by atoms with Gasteiger partial charge >= 0.3 is 0 Å². The van der Waals surface area contributed by atoms with Crippen LogP contribution in [0.5, 0.6) is 5.75 Å². The van der Waals surface area contributed by atoms with Gasteiger partial charge in [0.2, 0.25) is 0 Å². The average Bonchev–Trinajstić information content (AvgIpc) is 2.93. The lowest BCUT2D eigenvalue weighted by atomic mass is 9.96. The third-order valence-corrected chi connectivity index (χ3v) is 3.50. The van der Waals surface area contributed by atoms with E-state index in [2.05, 4.69) is 5.43 Å². The van der Waals surface area contributed by atoms with Gasteiger partial charge < -0.3 is 4.74 Å². The smallest absolute Gasteiger partial charge is 0.159 e. The number of hydrazine groups is 1. The maximum atomic E-state index is 13.4. The van der Waals surface area contributed by atoms with Gasteiger partial charge in [0.25, 0.3) is 0 Å². The van der Waals surface area contributed by atoms with Crippen LogP contribution in [0.15, 0.2) is 36.4 Å². The van der Waals surface area contributed by atoms with Crippen LogP contribution in [0, 0.1) is 11.6 Å². The van der Waals surface area contributed by atoms with Gasteiger partial charge in [-0.15, -0.1) is 0 Å². The van der Waals surface area contributed by atoms with Crippen molar-refractivity contribution in [1.29, 1.82) is 0 Å². The van der Waals surface area contributed by atoms with Crippen molar-refractivity contribution in [3.05, 3.63) is 64.7 Å². The van der Waals surface area contributed by atoms with Crippen LogP contribution in [-0.2, 0) is 6.42 Å². The van der Waals surface area contributed by atoms with Gasteiger partial charge in [-0.2, -0.15) is 0 Å². The number of nitrogens with two attached hydrogens (primary N) is 1. The van der Waals surface area contributed by atoms with E-state index in [0.717, 1.165) is 35.4 Å². The second-order valence-corrected chi connectivity index (χ2v) is 4.71. The molecule has 0 bridgehead atoms. The molecule has 3 N–H and O–H groups in total. The van der Waals surface area contributed by atoms with Crippen LogP contribution in [-0.4, -0.2) is 6.61 Å². The summed E-state index contributed by atoms with van der Waals surface area (Å²) < 4.78 is 32.1. The zero-order valence-electron chi connectivity index (χ0n) is 10.7. The van der Waals surface area contributed by atoms with Gasteiger partial charge in [0.15, 0.2) is 11.6 Å². The largest absolute Gasteiger partial charge is 0.493 e. The first-order valence-electron chi connectivity index (χ1n) is 6.36. The summed E-state index contributed by atoms with van der Waals surface area (Å²) in [6.07, 6.45) is 0.845. The Balaban J connectivity index is 2.06. The highest BCUT2D eigenvalue weighted by molar-refractivity contribution is 5.48.